The van der Waals surface area contributed by atoms with Gasteiger partial charge in [-0.3, -0.25) is 0 Å². The molecule has 0 saturated carbocycles. The van der Waals surface area contributed by atoms with Crippen LogP contribution in [0.25, 0.3) is 0 Å². The van der Waals surface area contributed by atoms with Crippen LogP contribution in [0.5, 0.6) is 5.75 Å². The Balaban J connectivity index is 2.32. The average molecular weight is 291 g/mol. The Morgan fingerprint density at radius 3 is 2.65 bits per heavy atom. The van der Waals surface area contributed by atoms with E-state index in [4.69, 9.17) is 14.2 Å². The average Bonchev–Trinajstić information content (AvgIpc) is 2.82. The summed E-state index contributed by atoms with van der Waals surface area (Å²) >= 11 is 0. The molecule has 0 aromatic heterocycles. The molecule has 2 rings (SSSR count). The molecular weight excluding hydrogens is 270 g/mol. The van der Waals surface area contributed by atoms with Gasteiger partial charge < -0.3 is 9.31 Å². The Hall–Kier alpha value is -1.35. The molecule has 0 saturated heterocycles. The van der Waals surface area contributed by atoms with E-state index in [-0.39, 0.29) is 5.04 Å². The van der Waals surface area contributed by atoms with Gasteiger partial charge >= 0.3 is 0 Å². The van der Waals surface area contributed by atoms with Gasteiger partial charge in [0, 0.05) is 11.1 Å². The van der Waals surface area contributed by atoms with Gasteiger partial charge in [0.1, 0.15) is 6.61 Å². The van der Waals surface area contributed by atoms with Gasteiger partial charge in [0.15, 0.2) is 20.2 Å². The first-order chi connectivity index (χ1) is 9.26. The van der Waals surface area contributed by atoms with Gasteiger partial charge in [-0.05, 0) is 24.2 Å². The molecule has 0 aliphatic carbocycles. The van der Waals surface area contributed by atoms with Crippen molar-refractivity contribution in [1.29, 1.82) is 5.26 Å². The predicted octanol–water partition coefficient (Wildman–Crippen LogP) is 4.10. The molecule has 0 fully saturated rings. The molecule has 108 valence electrons. The monoisotopic (exact) mass is 291 g/mol. The summed E-state index contributed by atoms with van der Waals surface area (Å²) in [6.45, 7) is 11.1. The van der Waals surface area contributed by atoms with Crippen LogP contribution >= 0.6 is 0 Å². The third kappa shape index (κ3) is 2.73. The van der Waals surface area contributed by atoms with Crippen LogP contribution in [0.3, 0.4) is 0 Å². The Morgan fingerprint density at radius 2 is 2.05 bits per heavy atom. The van der Waals surface area contributed by atoms with Gasteiger partial charge in [-0.1, -0.05) is 32.9 Å². The molecule has 1 atom stereocenters. The topological polar surface area (TPSA) is 51.5 Å². The molecule has 5 heteroatoms. The van der Waals surface area contributed by atoms with E-state index in [9.17, 15) is 5.26 Å². The molecule has 0 amide bonds. The second-order valence-corrected chi connectivity index (χ2v) is 11.3. The van der Waals surface area contributed by atoms with Crippen molar-refractivity contribution in [2.45, 2.75) is 51.6 Å². The van der Waals surface area contributed by atoms with Crippen molar-refractivity contribution in [3.05, 3.63) is 29.3 Å². The van der Waals surface area contributed by atoms with Crippen molar-refractivity contribution in [2.75, 3.05) is 0 Å². The zero-order chi connectivity index (χ0) is 15.0. The Labute approximate surface area is 121 Å². The quantitative estimate of drug-likeness (QED) is 0.621. The number of nitriles is 1. The molecule has 0 radical (unpaired) electrons. The fourth-order valence-electron chi connectivity index (χ4n) is 1.84. The second-order valence-electron chi connectivity index (χ2n) is 6.56. The number of rotatable bonds is 3. The Bertz CT molecular complexity index is 543. The lowest BCUT2D eigenvalue weighted by atomic mass is 10.0. The van der Waals surface area contributed by atoms with Gasteiger partial charge in [-0.25, -0.2) is 0 Å². The summed E-state index contributed by atoms with van der Waals surface area (Å²) in [6, 6.07) is 7.90. The summed E-state index contributed by atoms with van der Waals surface area (Å²) in [5.74, 6) is 0.682. The fraction of sp³-hybridized carbons (Fsp3) is 0.533. The standard InChI is InChI=1S/C15H21NO3Si/c1-15(2,3)20(4,5)19-14(9-16)11-7-6-8-13-12(11)10-17-18-13/h6-8,14H,10H2,1-5H3/t14-/m0/s1. The molecule has 0 bridgehead atoms. The minimum atomic E-state index is -2.01. The highest BCUT2D eigenvalue weighted by atomic mass is 28.4. The van der Waals surface area contributed by atoms with E-state index in [1.54, 1.807) is 0 Å². The van der Waals surface area contributed by atoms with E-state index in [0.29, 0.717) is 12.4 Å². The van der Waals surface area contributed by atoms with Crippen LogP contribution in [0.2, 0.25) is 18.1 Å². The Kier molecular flexibility index (Phi) is 3.92. The maximum absolute atomic E-state index is 9.51. The lowest BCUT2D eigenvalue weighted by molar-refractivity contribution is -0.194. The smallest absolute Gasteiger partial charge is 0.194 e. The van der Waals surface area contributed by atoms with Crippen molar-refractivity contribution in [1.82, 2.24) is 0 Å². The van der Waals surface area contributed by atoms with Crippen molar-refractivity contribution < 1.29 is 14.2 Å². The lowest BCUT2D eigenvalue weighted by Crippen LogP contribution is -2.41. The zero-order valence-corrected chi connectivity index (χ0v) is 13.7. The highest BCUT2D eigenvalue weighted by Gasteiger charge is 2.40. The predicted molar refractivity (Wildman–Crippen MR) is 78.5 cm³/mol. The van der Waals surface area contributed by atoms with Crippen molar-refractivity contribution in [3.63, 3.8) is 0 Å². The molecule has 0 unspecified atom stereocenters. The lowest BCUT2D eigenvalue weighted by Gasteiger charge is -2.37. The maximum atomic E-state index is 9.51. The van der Waals surface area contributed by atoms with Crippen LogP contribution < -0.4 is 4.89 Å². The largest absolute Gasteiger partial charge is 0.398 e. The number of nitrogens with zero attached hydrogens (tertiary/aromatic N) is 1. The zero-order valence-electron chi connectivity index (χ0n) is 12.7. The summed E-state index contributed by atoms with van der Waals surface area (Å²) in [4.78, 5) is 10.1. The first kappa shape index (κ1) is 15.0. The summed E-state index contributed by atoms with van der Waals surface area (Å²) < 4.78 is 6.23. The molecule has 0 N–H and O–H groups in total. The molecule has 1 aliphatic heterocycles. The molecule has 1 heterocycles. The highest BCUT2D eigenvalue weighted by molar-refractivity contribution is 6.74. The van der Waals surface area contributed by atoms with E-state index in [0.717, 1.165) is 11.1 Å². The van der Waals surface area contributed by atoms with Crippen LogP contribution in [0.4, 0.5) is 0 Å². The minimum Gasteiger partial charge on any atom is -0.398 e. The van der Waals surface area contributed by atoms with Gasteiger partial charge in [0.05, 0.1) is 6.07 Å². The van der Waals surface area contributed by atoms with E-state index in [1.807, 2.05) is 18.2 Å². The molecule has 1 aromatic carbocycles. The molecular formula is C15H21NO3Si. The SMILES string of the molecule is CC(C)(C)[Si](C)(C)O[C@@H](C#N)c1cccc2c1COO2. The normalized spacial score (nSPS) is 16.2. The number of hydrogen-bond donors (Lipinski definition) is 0. The maximum Gasteiger partial charge on any atom is 0.194 e. The van der Waals surface area contributed by atoms with Crippen LogP contribution in [0.1, 0.15) is 38.0 Å². The summed E-state index contributed by atoms with van der Waals surface area (Å²) in [5.41, 5.74) is 1.77. The van der Waals surface area contributed by atoms with Crippen molar-refractivity contribution in [2.24, 2.45) is 0 Å². The van der Waals surface area contributed by atoms with Crippen LogP contribution in [0.15, 0.2) is 18.2 Å². The van der Waals surface area contributed by atoms with E-state index < -0.39 is 14.4 Å². The van der Waals surface area contributed by atoms with Crippen LogP contribution in [0, 0.1) is 11.3 Å². The Morgan fingerprint density at radius 1 is 1.35 bits per heavy atom. The molecule has 1 aliphatic rings. The van der Waals surface area contributed by atoms with Gasteiger partial charge in [-0.2, -0.15) is 10.1 Å². The van der Waals surface area contributed by atoms with E-state index in [1.165, 1.54) is 0 Å². The van der Waals surface area contributed by atoms with Gasteiger partial charge in [0.25, 0.3) is 0 Å². The molecule has 4 nitrogen and oxygen atoms in total. The fourth-order valence-corrected chi connectivity index (χ4v) is 2.97. The first-order valence-electron chi connectivity index (χ1n) is 6.75. The third-order valence-corrected chi connectivity index (χ3v) is 8.58. The number of benzene rings is 1. The van der Waals surface area contributed by atoms with Crippen LogP contribution in [-0.2, 0) is 15.9 Å². The van der Waals surface area contributed by atoms with Crippen LogP contribution in [-0.4, -0.2) is 8.32 Å². The first-order valence-corrected chi connectivity index (χ1v) is 9.66. The molecule has 20 heavy (non-hydrogen) atoms. The summed E-state index contributed by atoms with van der Waals surface area (Å²) in [7, 11) is -2.01. The third-order valence-electron chi connectivity index (χ3n) is 4.14. The molecule has 0 spiro atoms. The second kappa shape index (κ2) is 5.21. The number of fused-ring (bicyclic) bond motifs is 1. The van der Waals surface area contributed by atoms with Gasteiger partial charge in [0.2, 0.25) is 0 Å². The summed E-state index contributed by atoms with van der Waals surface area (Å²) in [5, 5.41) is 9.57. The summed E-state index contributed by atoms with van der Waals surface area (Å²) in [6.07, 6.45) is -0.573. The van der Waals surface area contributed by atoms with E-state index >= 15 is 0 Å². The highest BCUT2D eigenvalue weighted by Crippen LogP contribution is 2.41. The van der Waals surface area contributed by atoms with Crippen molar-refractivity contribution in [3.8, 4) is 11.8 Å². The van der Waals surface area contributed by atoms with E-state index in [2.05, 4.69) is 39.9 Å². The molecule has 1 aromatic rings. The number of hydrogen-bond acceptors (Lipinski definition) is 4. The minimum absolute atomic E-state index is 0.0626. The van der Waals surface area contributed by atoms with Crippen molar-refractivity contribution >= 4 is 8.32 Å². The van der Waals surface area contributed by atoms with Gasteiger partial charge in [-0.15, -0.1) is 0 Å².